The number of hydrogen-bond acceptors (Lipinski definition) is 5. The molecule has 1 unspecified atom stereocenters. The van der Waals surface area contributed by atoms with Gasteiger partial charge in [-0.3, -0.25) is 0 Å². The zero-order chi connectivity index (χ0) is 11.1. The topological polar surface area (TPSA) is 47.0 Å². The third kappa shape index (κ3) is 3.85. The lowest BCUT2D eigenvalue weighted by atomic mass is 10.2. The molecule has 0 bridgehead atoms. The van der Waals surface area contributed by atoms with Crippen LogP contribution in [0.3, 0.4) is 0 Å². The summed E-state index contributed by atoms with van der Waals surface area (Å²) in [7, 11) is 1.67. The number of rotatable bonds is 7. The van der Waals surface area contributed by atoms with Crippen molar-refractivity contribution < 1.29 is 4.74 Å². The third-order valence-corrected chi connectivity index (χ3v) is 3.11. The molecular formula is C10H19N3OS. The van der Waals surface area contributed by atoms with E-state index in [-0.39, 0.29) is 0 Å². The summed E-state index contributed by atoms with van der Waals surface area (Å²) in [5, 5.41) is 13.7. The summed E-state index contributed by atoms with van der Waals surface area (Å²) in [5.41, 5.74) is 0. The standard InChI is InChI=1S/C10H19N3OS/c1-4-6-11-8(5-2)10-13-12-9(15-10)7-14-3/h8,11H,4-7H2,1-3H3. The second kappa shape index (κ2) is 6.87. The van der Waals surface area contributed by atoms with Gasteiger partial charge in [-0.25, -0.2) is 0 Å². The first-order valence-corrected chi connectivity index (χ1v) is 6.18. The molecule has 1 aromatic rings. The summed E-state index contributed by atoms with van der Waals surface area (Å²) in [5.74, 6) is 0. The van der Waals surface area contributed by atoms with Crippen molar-refractivity contribution in [1.82, 2.24) is 15.5 Å². The van der Waals surface area contributed by atoms with Gasteiger partial charge >= 0.3 is 0 Å². The first-order chi connectivity index (χ1) is 7.31. The summed E-state index contributed by atoms with van der Waals surface area (Å²) in [4.78, 5) is 0. The van der Waals surface area contributed by atoms with Gasteiger partial charge in [-0.2, -0.15) is 0 Å². The van der Waals surface area contributed by atoms with Crippen LogP contribution in [-0.4, -0.2) is 23.9 Å². The van der Waals surface area contributed by atoms with Gasteiger partial charge in [0.25, 0.3) is 0 Å². The van der Waals surface area contributed by atoms with Crippen LogP contribution in [0.25, 0.3) is 0 Å². The molecule has 0 fully saturated rings. The fraction of sp³-hybridized carbons (Fsp3) is 0.800. The van der Waals surface area contributed by atoms with Gasteiger partial charge in [-0.15, -0.1) is 10.2 Å². The molecule has 1 aromatic heterocycles. The van der Waals surface area contributed by atoms with Crippen LogP contribution in [-0.2, 0) is 11.3 Å². The van der Waals surface area contributed by atoms with Crippen LogP contribution < -0.4 is 5.32 Å². The molecule has 0 aliphatic carbocycles. The molecule has 1 rings (SSSR count). The van der Waals surface area contributed by atoms with Gasteiger partial charge in [-0.1, -0.05) is 25.2 Å². The Labute approximate surface area is 95.1 Å². The Bertz CT molecular complexity index is 277. The van der Waals surface area contributed by atoms with Crippen LogP contribution in [0.1, 0.15) is 42.7 Å². The molecule has 0 radical (unpaired) electrons. The Hall–Kier alpha value is -0.520. The minimum atomic E-state index is 0.341. The molecule has 0 aliphatic heterocycles. The highest BCUT2D eigenvalue weighted by molar-refractivity contribution is 7.11. The summed E-state index contributed by atoms with van der Waals surface area (Å²) >= 11 is 1.63. The summed E-state index contributed by atoms with van der Waals surface area (Å²) in [6, 6.07) is 0.341. The van der Waals surface area contributed by atoms with Gasteiger partial charge in [0.15, 0.2) is 0 Å². The lowest BCUT2D eigenvalue weighted by Crippen LogP contribution is -2.21. The fourth-order valence-electron chi connectivity index (χ4n) is 1.31. The van der Waals surface area contributed by atoms with E-state index in [0.717, 1.165) is 29.4 Å². The predicted molar refractivity (Wildman–Crippen MR) is 61.9 cm³/mol. The molecule has 15 heavy (non-hydrogen) atoms. The summed E-state index contributed by atoms with van der Waals surface area (Å²) in [6.07, 6.45) is 2.18. The maximum atomic E-state index is 5.02. The van der Waals surface area contributed by atoms with Crippen molar-refractivity contribution in [3.8, 4) is 0 Å². The minimum Gasteiger partial charge on any atom is -0.377 e. The van der Waals surface area contributed by atoms with Crippen LogP contribution in [0.4, 0.5) is 0 Å². The Kier molecular flexibility index (Phi) is 5.75. The highest BCUT2D eigenvalue weighted by Crippen LogP contribution is 2.21. The quantitative estimate of drug-likeness (QED) is 0.778. The number of nitrogens with zero attached hydrogens (tertiary/aromatic N) is 2. The van der Waals surface area contributed by atoms with Gasteiger partial charge in [0.1, 0.15) is 10.0 Å². The fourth-order valence-corrected chi connectivity index (χ4v) is 2.29. The van der Waals surface area contributed by atoms with Gasteiger partial charge in [0, 0.05) is 7.11 Å². The van der Waals surface area contributed by atoms with E-state index in [0.29, 0.717) is 12.6 Å². The van der Waals surface area contributed by atoms with Crippen molar-refractivity contribution in [2.75, 3.05) is 13.7 Å². The SMILES string of the molecule is CCCNC(CC)c1nnc(COC)s1. The number of aromatic nitrogens is 2. The summed E-state index contributed by atoms with van der Waals surface area (Å²) in [6.45, 7) is 5.90. The molecule has 0 amide bonds. The average Bonchev–Trinajstić information content (AvgIpc) is 2.68. The van der Waals surface area contributed by atoms with E-state index < -0.39 is 0 Å². The van der Waals surface area contributed by atoms with Crippen molar-refractivity contribution in [3.05, 3.63) is 10.0 Å². The van der Waals surface area contributed by atoms with Gasteiger partial charge in [0.05, 0.1) is 12.6 Å². The molecule has 1 heterocycles. The number of hydrogen-bond donors (Lipinski definition) is 1. The molecule has 1 atom stereocenters. The number of methoxy groups -OCH3 is 1. The molecule has 0 spiro atoms. The monoisotopic (exact) mass is 229 g/mol. The lowest BCUT2D eigenvalue weighted by Gasteiger charge is -2.12. The first-order valence-electron chi connectivity index (χ1n) is 5.36. The van der Waals surface area contributed by atoms with Crippen molar-refractivity contribution in [3.63, 3.8) is 0 Å². The lowest BCUT2D eigenvalue weighted by molar-refractivity contribution is 0.184. The van der Waals surface area contributed by atoms with E-state index in [4.69, 9.17) is 4.74 Å². The molecule has 0 saturated heterocycles. The van der Waals surface area contributed by atoms with Crippen LogP contribution in [0.2, 0.25) is 0 Å². The zero-order valence-corrected chi connectivity index (χ0v) is 10.4. The van der Waals surface area contributed by atoms with Gasteiger partial charge in [0.2, 0.25) is 0 Å². The first kappa shape index (κ1) is 12.5. The van der Waals surface area contributed by atoms with Crippen molar-refractivity contribution in [2.24, 2.45) is 0 Å². The van der Waals surface area contributed by atoms with Crippen molar-refractivity contribution >= 4 is 11.3 Å². The predicted octanol–water partition coefficient (Wildman–Crippen LogP) is 2.14. The Balaban J connectivity index is 2.57. The van der Waals surface area contributed by atoms with E-state index >= 15 is 0 Å². The third-order valence-electron chi connectivity index (χ3n) is 2.10. The molecule has 86 valence electrons. The Morgan fingerprint density at radius 1 is 1.40 bits per heavy atom. The minimum absolute atomic E-state index is 0.341. The highest BCUT2D eigenvalue weighted by atomic mass is 32.1. The maximum Gasteiger partial charge on any atom is 0.143 e. The van der Waals surface area contributed by atoms with Gasteiger partial charge < -0.3 is 10.1 Å². The molecule has 5 heteroatoms. The molecule has 0 aromatic carbocycles. The molecule has 0 saturated carbocycles. The molecule has 4 nitrogen and oxygen atoms in total. The van der Waals surface area contributed by atoms with Crippen LogP contribution in [0.15, 0.2) is 0 Å². The second-order valence-electron chi connectivity index (χ2n) is 3.38. The largest absolute Gasteiger partial charge is 0.377 e. The van der Waals surface area contributed by atoms with E-state index in [1.807, 2.05) is 0 Å². The maximum absolute atomic E-state index is 5.02. The summed E-state index contributed by atoms with van der Waals surface area (Å²) < 4.78 is 5.02. The van der Waals surface area contributed by atoms with Gasteiger partial charge in [-0.05, 0) is 19.4 Å². The Morgan fingerprint density at radius 2 is 2.20 bits per heavy atom. The van der Waals surface area contributed by atoms with Crippen LogP contribution in [0, 0.1) is 0 Å². The smallest absolute Gasteiger partial charge is 0.143 e. The van der Waals surface area contributed by atoms with E-state index in [2.05, 4.69) is 29.4 Å². The normalized spacial score (nSPS) is 13.0. The Morgan fingerprint density at radius 3 is 2.80 bits per heavy atom. The number of ether oxygens (including phenoxy) is 1. The van der Waals surface area contributed by atoms with E-state index in [1.54, 1.807) is 18.4 Å². The van der Waals surface area contributed by atoms with E-state index in [1.165, 1.54) is 0 Å². The molecular weight excluding hydrogens is 210 g/mol. The zero-order valence-electron chi connectivity index (χ0n) is 9.62. The number of nitrogens with one attached hydrogen (secondary N) is 1. The van der Waals surface area contributed by atoms with Crippen molar-refractivity contribution in [2.45, 2.75) is 39.3 Å². The van der Waals surface area contributed by atoms with Crippen LogP contribution in [0.5, 0.6) is 0 Å². The second-order valence-corrected chi connectivity index (χ2v) is 4.48. The van der Waals surface area contributed by atoms with E-state index in [9.17, 15) is 0 Å². The molecule has 0 aliphatic rings. The highest BCUT2D eigenvalue weighted by Gasteiger charge is 2.13. The molecule has 1 N–H and O–H groups in total. The van der Waals surface area contributed by atoms with Crippen molar-refractivity contribution in [1.29, 1.82) is 0 Å². The van der Waals surface area contributed by atoms with Crippen LogP contribution >= 0.6 is 11.3 Å². The average molecular weight is 229 g/mol.